The van der Waals surface area contributed by atoms with E-state index in [1.54, 1.807) is 25.4 Å². The van der Waals surface area contributed by atoms with E-state index in [4.69, 9.17) is 16.0 Å². The third-order valence-electron chi connectivity index (χ3n) is 5.61. The summed E-state index contributed by atoms with van der Waals surface area (Å²) in [7, 11) is 3.12. The molecule has 11 heteroatoms. The number of fused-ring (bicyclic) bond motifs is 1. The number of benzene rings is 1. The summed E-state index contributed by atoms with van der Waals surface area (Å²) >= 11 is 7.46. The van der Waals surface area contributed by atoms with Crippen LogP contribution in [0.1, 0.15) is 17.5 Å². The number of rotatable bonds is 6. The molecule has 2 aromatic rings. The molecule has 1 aromatic heterocycles. The first-order chi connectivity index (χ1) is 15.4. The van der Waals surface area contributed by atoms with Crippen LogP contribution in [-0.2, 0) is 16.1 Å². The summed E-state index contributed by atoms with van der Waals surface area (Å²) in [5.41, 5.74) is 0.828. The van der Waals surface area contributed by atoms with Gasteiger partial charge in [-0.1, -0.05) is 29.8 Å². The van der Waals surface area contributed by atoms with E-state index in [-0.39, 0.29) is 23.6 Å². The highest BCUT2D eigenvalue weighted by Crippen LogP contribution is 2.34. The van der Waals surface area contributed by atoms with Gasteiger partial charge in [0.15, 0.2) is 0 Å². The molecule has 4 unspecified atom stereocenters. The first-order valence-corrected chi connectivity index (χ1v) is 11.5. The molecule has 4 atom stereocenters. The summed E-state index contributed by atoms with van der Waals surface area (Å²) in [6.07, 6.45) is 0.608. The maximum absolute atomic E-state index is 13.0. The van der Waals surface area contributed by atoms with Crippen molar-refractivity contribution in [2.24, 2.45) is 5.92 Å². The van der Waals surface area contributed by atoms with Gasteiger partial charge in [0.2, 0.25) is 11.8 Å². The quantitative estimate of drug-likeness (QED) is 0.584. The van der Waals surface area contributed by atoms with E-state index in [2.05, 4.69) is 16.0 Å². The van der Waals surface area contributed by atoms with Crippen LogP contribution in [0.4, 0.5) is 4.79 Å². The number of furan rings is 1. The van der Waals surface area contributed by atoms with Crippen LogP contribution in [0, 0.1) is 5.92 Å². The fraction of sp³-hybridized carbons (Fsp3) is 0.381. The summed E-state index contributed by atoms with van der Waals surface area (Å²) in [6, 6.07) is 10.5. The van der Waals surface area contributed by atoms with Crippen LogP contribution < -0.4 is 16.0 Å². The SMILES string of the molecule is CN1C(=O)C2C(SCC(=O)NCc3ccccc3Cl)NC(c3ccco3)NC2N(C)C1=O. The second-order valence-corrected chi connectivity index (χ2v) is 9.18. The van der Waals surface area contributed by atoms with Crippen LogP contribution in [0.25, 0.3) is 0 Å². The lowest BCUT2D eigenvalue weighted by Gasteiger charge is -2.49. The van der Waals surface area contributed by atoms with E-state index in [9.17, 15) is 14.4 Å². The van der Waals surface area contributed by atoms with E-state index in [0.717, 1.165) is 10.5 Å². The van der Waals surface area contributed by atoms with Crippen molar-refractivity contribution in [3.05, 3.63) is 59.0 Å². The molecule has 32 heavy (non-hydrogen) atoms. The lowest BCUT2D eigenvalue weighted by Crippen LogP contribution is -2.72. The maximum atomic E-state index is 13.0. The number of hydrogen-bond donors (Lipinski definition) is 3. The molecule has 1 aromatic carbocycles. The van der Waals surface area contributed by atoms with Gasteiger partial charge in [-0.05, 0) is 23.8 Å². The molecule has 0 bridgehead atoms. The van der Waals surface area contributed by atoms with Gasteiger partial charge >= 0.3 is 6.03 Å². The Morgan fingerprint density at radius 2 is 1.97 bits per heavy atom. The van der Waals surface area contributed by atoms with E-state index in [1.807, 2.05) is 24.3 Å². The lowest BCUT2D eigenvalue weighted by molar-refractivity contribution is -0.140. The zero-order valence-electron chi connectivity index (χ0n) is 17.6. The molecule has 170 valence electrons. The van der Waals surface area contributed by atoms with Gasteiger partial charge in [0, 0.05) is 25.7 Å². The van der Waals surface area contributed by atoms with Crippen LogP contribution in [0.3, 0.4) is 0 Å². The zero-order chi connectivity index (χ0) is 22.8. The summed E-state index contributed by atoms with van der Waals surface area (Å²) in [4.78, 5) is 40.6. The van der Waals surface area contributed by atoms with Gasteiger partial charge in [-0.25, -0.2) is 4.79 Å². The van der Waals surface area contributed by atoms with Crippen molar-refractivity contribution < 1.29 is 18.8 Å². The number of halogens is 1. The molecule has 9 nitrogen and oxygen atoms in total. The molecule has 2 aliphatic heterocycles. The summed E-state index contributed by atoms with van der Waals surface area (Å²) in [5, 5.41) is 9.66. The molecule has 4 rings (SSSR count). The number of carbonyl (C=O) groups excluding carboxylic acids is 3. The van der Waals surface area contributed by atoms with Crippen molar-refractivity contribution >= 4 is 41.2 Å². The van der Waals surface area contributed by atoms with Crippen molar-refractivity contribution in [2.45, 2.75) is 24.3 Å². The molecule has 0 aliphatic carbocycles. The minimum absolute atomic E-state index is 0.130. The first kappa shape index (κ1) is 22.7. The number of hydrogen-bond acceptors (Lipinski definition) is 7. The highest BCUT2D eigenvalue weighted by Gasteiger charge is 2.51. The number of nitrogens with one attached hydrogen (secondary N) is 3. The molecular weight excluding hydrogens is 454 g/mol. The molecule has 3 heterocycles. The van der Waals surface area contributed by atoms with Crippen LogP contribution in [-0.4, -0.2) is 59.0 Å². The topological polar surface area (TPSA) is 107 Å². The Bertz CT molecular complexity index is 1000. The van der Waals surface area contributed by atoms with E-state index in [1.165, 1.54) is 23.7 Å². The number of carbonyl (C=O) groups is 3. The molecule has 2 aliphatic rings. The molecule has 0 saturated carbocycles. The average Bonchev–Trinajstić information content (AvgIpc) is 3.34. The van der Waals surface area contributed by atoms with Crippen LogP contribution in [0.2, 0.25) is 5.02 Å². The number of thioether (sulfide) groups is 1. The van der Waals surface area contributed by atoms with Crippen molar-refractivity contribution in [3.8, 4) is 0 Å². The summed E-state index contributed by atoms with van der Waals surface area (Å²) < 4.78 is 5.51. The van der Waals surface area contributed by atoms with Gasteiger partial charge < -0.3 is 14.6 Å². The number of nitrogens with zero attached hydrogens (tertiary/aromatic N) is 2. The second kappa shape index (κ2) is 9.53. The third kappa shape index (κ3) is 4.49. The molecule has 0 radical (unpaired) electrons. The number of urea groups is 1. The summed E-state index contributed by atoms with van der Waals surface area (Å²) in [6.45, 7) is 0.318. The highest BCUT2D eigenvalue weighted by atomic mass is 35.5. The molecule has 2 saturated heterocycles. The molecule has 0 spiro atoms. The Labute approximate surface area is 194 Å². The van der Waals surface area contributed by atoms with Gasteiger partial charge in [-0.3, -0.25) is 25.1 Å². The van der Waals surface area contributed by atoms with Gasteiger partial charge in [0.1, 0.15) is 11.9 Å². The number of imide groups is 1. The minimum atomic E-state index is -0.574. The predicted octanol–water partition coefficient (Wildman–Crippen LogP) is 1.97. The maximum Gasteiger partial charge on any atom is 0.327 e. The summed E-state index contributed by atoms with van der Waals surface area (Å²) in [5.74, 6) is -0.294. The van der Waals surface area contributed by atoms with Crippen LogP contribution in [0.5, 0.6) is 0 Å². The Kier molecular flexibility index (Phi) is 6.75. The van der Waals surface area contributed by atoms with Crippen molar-refractivity contribution in [1.82, 2.24) is 25.8 Å². The van der Waals surface area contributed by atoms with Gasteiger partial charge in [-0.2, -0.15) is 0 Å². The zero-order valence-corrected chi connectivity index (χ0v) is 19.2. The second-order valence-electron chi connectivity index (χ2n) is 7.64. The fourth-order valence-electron chi connectivity index (χ4n) is 3.87. The van der Waals surface area contributed by atoms with E-state index in [0.29, 0.717) is 17.3 Å². The standard InChI is InChI=1S/C21H24ClN5O4S/c1-26-18-16(20(29)27(2)21(26)30)19(25-17(24-18)14-8-5-9-31-14)32-11-15(28)23-10-12-6-3-4-7-13(12)22/h3-9,16-19,24-25H,10-11H2,1-2H3,(H,23,28). The third-order valence-corrected chi connectivity index (χ3v) is 7.20. The Morgan fingerprint density at radius 3 is 2.69 bits per heavy atom. The fourth-order valence-corrected chi connectivity index (χ4v) is 5.21. The van der Waals surface area contributed by atoms with E-state index < -0.39 is 23.6 Å². The Hall–Kier alpha value is -2.53. The van der Waals surface area contributed by atoms with Crippen LogP contribution in [0.15, 0.2) is 47.1 Å². The van der Waals surface area contributed by atoms with Crippen molar-refractivity contribution in [1.29, 1.82) is 0 Å². The van der Waals surface area contributed by atoms with Crippen LogP contribution >= 0.6 is 23.4 Å². The monoisotopic (exact) mass is 477 g/mol. The van der Waals surface area contributed by atoms with Crippen molar-refractivity contribution in [2.75, 3.05) is 19.8 Å². The Balaban J connectivity index is 1.46. The predicted molar refractivity (Wildman–Crippen MR) is 120 cm³/mol. The number of amides is 4. The average molecular weight is 478 g/mol. The lowest BCUT2D eigenvalue weighted by atomic mass is 9.97. The largest absolute Gasteiger partial charge is 0.466 e. The van der Waals surface area contributed by atoms with Gasteiger partial charge in [0.25, 0.3) is 0 Å². The molecule has 2 fully saturated rings. The van der Waals surface area contributed by atoms with Gasteiger partial charge in [-0.15, -0.1) is 11.8 Å². The van der Waals surface area contributed by atoms with Crippen molar-refractivity contribution in [3.63, 3.8) is 0 Å². The first-order valence-electron chi connectivity index (χ1n) is 10.1. The van der Waals surface area contributed by atoms with E-state index >= 15 is 0 Å². The normalized spacial score (nSPS) is 25.6. The van der Waals surface area contributed by atoms with Gasteiger partial charge in [0.05, 0.1) is 29.5 Å². The molecule has 3 N–H and O–H groups in total. The smallest absolute Gasteiger partial charge is 0.327 e. The molecular formula is C21H24ClN5O4S. The molecule has 4 amide bonds. The highest BCUT2D eigenvalue weighted by molar-refractivity contribution is 8.00. The Morgan fingerprint density at radius 1 is 1.19 bits per heavy atom. The minimum Gasteiger partial charge on any atom is -0.466 e.